The molecule has 0 spiro atoms. The van der Waals surface area contributed by atoms with E-state index < -0.39 is 18.0 Å². The molecule has 0 saturated carbocycles. The van der Waals surface area contributed by atoms with Gasteiger partial charge in [0.15, 0.2) is 0 Å². The number of rotatable bonds is 2. The second-order valence-corrected chi connectivity index (χ2v) is 5.53. The predicted octanol–water partition coefficient (Wildman–Crippen LogP) is 1.17. The zero-order valence-electron chi connectivity index (χ0n) is 11.2. The molecule has 1 aliphatic rings. The first-order valence-corrected chi connectivity index (χ1v) is 7.01. The summed E-state index contributed by atoms with van der Waals surface area (Å²) in [6.07, 6.45) is 0. The molecule has 1 aliphatic heterocycles. The number of hydrogen-bond donors (Lipinski definition) is 3. The molecular formula is C13H14BrN3O4. The van der Waals surface area contributed by atoms with Gasteiger partial charge in [-0.3, -0.25) is 9.69 Å². The number of carbonyl (C=O) groups excluding carboxylic acids is 2. The third-order valence-corrected chi connectivity index (χ3v) is 4.03. The number of aliphatic carboxylic acids is 1. The molecule has 0 radical (unpaired) electrons. The Morgan fingerprint density at radius 3 is 2.81 bits per heavy atom. The third-order valence-electron chi connectivity index (χ3n) is 3.14. The minimum Gasteiger partial charge on any atom is -0.480 e. The highest BCUT2D eigenvalue weighted by Crippen LogP contribution is 2.20. The first kappa shape index (κ1) is 15.3. The average Bonchev–Trinajstić information content (AvgIpc) is 2.42. The lowest BCUT2D eigenvalue weighted by Crippen LogP contribution is -2.60. The van der Waals surface area contributed by atoms with Gasteiger partial charge in [-0.1, -0.05) is 15.9 Å². The van der Waals surface area contributed by atoms with Crippen LogP contribution in [0.25, 0.3) is 0 Å². The monoisotopic (exact) mass is 355 g/mol. The molecule has 21 heavy (non-hydrogen) atoms. The predicted molar refractivity (Wildman–Crippen MR) is 79.0 cm³/mol. The highest BCUT2D eigenvalue weighted by Gasteiger charge is 2.35. The van der Waals surface area contributed by atoms with Gasteiger partial charge >= 0.3 is 12.0 Å². The van der Waals surface area contributed by atoms with Crippen LogP contribution >= 0.6 is 15.9 Å². The van der Waals surface area contributed by atoms with Crippen LogP contribution < -0.4 is 10.6 Å². The Hall–Kier alpha value is -2.09. The Balaban J connectivity index is 2.14. The van der Waals surface area contributed by atoms with Crippen molar-refractivity contribution in [2.45, 2.75) is 13.0 Å². The van der Waals surface area contributed by atoms with Crippen molar-refractivity contribution in [2.24, 2.45) is 0 Å². The molecule has 1 heterocycles. The van der Waals surface area contributed by atoms with Crippen molar-refractivity contribution in [3.63, 3.8) is 0 Å². The highest BCUT2D eigenvalue weighted by molar-refractivity contribution is 9.10. The normalized spacial score (nSPS) is 18.1. The van der Waals surface area contributed by atoms with Gasteiger partial charge in [0, 0.05) is 16.7 Å². The fourth-order valence-corrected chi connectivity index (χ4v) is 2.24. The van der Waals surface area contributed by atoms with Gasteiger partial charge in [-0.15, -0.1) is 0 Å². The van der Waals surface area contributed by atoms with Gasteiger partial charge in [0.25, 0.3) is 0 Å². The van der Waals surface area contributed by atoms with Crippen LogP contribution in [-0.4, -0.2) is 47.0 Å². The first-order chi connectivity index (χ1) is 9.88. The number of aryl methyl sites for hydroxylation is 1. The molecule has 3 amide bonds. The van der Waals surface area contributed by atoms with Crippen molar-refractivity contribution < 1.29 is 19.5 Å². The van der Waals surface area contributed by atoms with Gasteiger partial charge in [-0.05, 0) is 30.7 Å². The van der Waals surface area contributed by atoms with Crippen molar-refractivity contribution in [1.29, 1.82) is 0 Å². The van der Waals surface area contributed by atoms with E-state index in [4.69, 9.17) is 5.11 Å². The quantitative estimate of drug-likeness (QED) is 0.741. The summed E-state index contributed by atoms with van der Waals surface area (Å²) in [6, 6.07) is 3.54. The van der Waals surface area contributed by atoms with Gasteiger partial charge in [0.05, 0.1) is 0 Å². The Morgan fingerprint density at radius 1 is 1.48 bits per heavy atom. The molecule has 1 aromatic carbocycles. The number of carboxylic acids is 1. The van der Waals surface area contributed by atoms with Crippen molar-refractivity contribution in [3.05, 3.63) is 28.2 Å². The third kappa shape index (κ3) is 3.52. The summed E-state index contributed by atoms with van der Waals surface area (Å²) in [6.45, 7) is 1.49. The van der Waals surface area contributed by atoms with Gasteiger partial charge in [0.1, 0.15) is 12.6 Å². The van der Waals surface area contributed by atoms with Crippen molar-refractivity contribution in [3.8, 4) is 0 Å². The zero-order chi connectivity index (χ0) is 15.6. The number of hydrogen-bond acceptors (Lipinski definition) is 3. The van der Waals surface area contributed by atoms with E-state index in [1.807, 2.05) is 6.92 Å². The second kappa shape index (κ2) is 6.13. The lowest BCUT2D eigenvalue weighted by molar-refractivity contribution is -0.144. The van der Waals surface area contributed by atoms with Crippen LogP contribution in [0.3, 0.4) is 0 Å². The van der Waals surface area contributed by atoms with Crippen LogP contribution in [0, 0.1) is 6.92 Å². The number of urea groups is 1. The molecule has 0 bridgehead atoms. The molecule has 3 N–H and O–H groups in total. The van der Waals surface area contributed by atoms with Crippen molar-refractivity contribution in [2.75, 3.05) is 18.4 Å². The fraction of sp³-hybridized carbons (Fsp3) is 0.308. The Bertz CT molecular complexity index is 605. The zero-order valence-corrected chi connectivity index (χ0v) is 12.8. The topological polar surface area (TPSA) is 98.7 Å². The molecule has 8 heteroatoms. The van der Waals surface area contributed by atoms with Crippen LogP contribution in [-0.2, 0) is 9.59 Å². The molecule has 112 valence electrons. The number of amides is 3. The SMILES string of the molecule is Cc1cc(NC(=O)N2CC(=O)NCC2C(=O)O)ccc1Br. The van der Waals surface area contributed by atoms with E-state index in [0.717, 1.165) is 14.9 Å². The number of halogens is 1. The number of anilines is 1. The highest BCUT2D eigenvalue weighted by atomic mass is 79.9. The molecule has 1 unspecified atom stereocenters. The molecule has 7 nitrogen and oxygen atoms in total. The summed E-state index contributed by atoms with van der Waals surface area (Å²) in [5.74, 6) is -1.54. The summed E-state index contributed by atoms with van der Waals surface area (Å²) in [7, 11) is 0. The van der Waals surface area contributed by atoms with E-state index in [-0.39, 0.29) is 19.0 Å². The molecule has 1 atom stereocenters. The Labute approximate surface area is 129 Å². The molecule has 1 aromatic rings. The largest absolute Gasteiger partial charge is 0.480 e. The van der Waals surface area contributed by atoms with Crippen LogP contribution in [0.1, 0.15) is 5.56 Å². The standard InChI is InChI=1S/C13H14BrN3O4/c1-7-4-8(2-3-9(7)14)16-13(21)17-6-11(18)15-5-10(17)12(19)20/h2-4,10H,5-6H2,1H3,(H,15,18)(H,16,21)(H,19,20). The number of carboxylic acid groups (broad SMARTS) is 1. The maximum absolute atomic E-state index is 12.2. The molecular weight excluding hydrogens is 342 g/mol. The molecule has 0 aromatic heterocycles. The molecule has 1 fully saturated rings. The summed E-state index contributed by atoms with van der Waals surface area (Å²) >= 11 is 3.35. The number of benzene rings is 1. The minimum atomic E-state index is -1.16. The summed E-state index contributed by atoms with van der Waals surface area (Å²) < 4.78 is 0.904. The smallest absolute Gasteiger partial charge is 0.328 e. The van der Waals surface area contributed by atoms with Crippen LogP contribution in [0.5, 0.6) is 0 Å². The summed E-state index contributed by atoms with van der Waals surface area (Å²) in [5.41, 5.74) is 1.47. The Kier molecular flexibility index (Phi) is 4.46. The number of nitrogens with one attached hydrogen (secondary N) is 2. The van der Waals surface area contributed by atoms with E-state index in [1.54, 1.807) is 18.2 Å². The summed E-state index contributed by atoms with van der Waals surface area (Å²) in [4.78, 5) is 35.7. The van der Waals surface area contributed by atoms with E-state index in [2.05, 4.69) is 26.6 Å². The lowest BCUT2D eigenvalue weighted by Gasteiger charge is -2.32. The van der Waals surface area contributed by atoms with E-state index >= 15 is 0 Å². The molecule has 2 rings (SSSR count). The summed E-state index contributed by atoms with van der Waals surface area (Å²) in [5, 5.41) is 14.2. The van der Waals surface area contributed by atoms with Crippen molar-refractivity contribution >= 4 is 39.5 Å². The number of nitrogens with zero attached hydrogens (tertiary/aromatic N) is 1. The average molecular weight is 356 g/mol. The van der Waals surface area contributed by atoms with E-state index in [9.17, 15) is 14.4 Å². The fourth-order valence-electron chi connectivity index (χ4n) is 1.99. The Morgan fingerprint density at radius 2 is 2.19 bits per heavy atom. The maximum Gasteiger partial charge on any atom is 0.328 e. The van der Waals surface area contributed by atoms with Gasteiger partial charge in [-0.25, -0.2) is 9.59 Å². The van der Waals surface area contributed by atoms with Gasteiger partial charge < -0.3 is 15.7 Å². The molecule has 0 aliphatic carbocycles. The van der Waals surface area contributed by atoms with E-state index in [1.165, 1.54) is 0 Å². The lowest BCUT2D eigenvalue weighted by atomic mass is 10.2. The maximum atomic E-state index is 12.2. The second-order valence-electron chi connectivity index (χ2n) is 4.68. The number of piperazine rings is 1. The van der Waals surface area contributed by atoms with Gasteiger partial charge in [-0.2, -0.15) is 0 Å². The van der Waals surface area contributed by atoms with Crippen LogP contribution in [0.15, 0.2) is 22.7 Å². The molecule has 1 saturated heterocycles. The number of carbonyl (C=O) groups is 3. The van der Waals surface area contributed by atoms with Crippen LogP contribution in [0.4, 0.5) is 10.5 Å². The van der Waals surface area contributed by atoms with Gasteiger partial charge in [0.2, 0.25) is 5.91 Å². The van der Waals surface area contributed by atoms with E-state index in [0.29, 0.717) is 5.69 Å². The van der Waals surface area contributed by atoms with Crippen molar-refractivity contribution in [1.82, 2.24) is 10.2 Å². The van der Waals surface area contributed by atoms with Crippen LogP contribution in [0.2, 0.25) is 0 Å². The minimum absolute atomic E-state index is 0.0963. The first-order valence-electron chi connectivity index (χ1n) is 6.22.